The summed E-state index contributed by atoms with van der Waals surface area (Å²) in [5.41, 5.74) is 0.160. The van der Waals surface area contributed by atoms with E-state index in [2.05, 4.69) is 9.97 Å². The molecule has 1 N–H and O–H groups in total. The number of hydrogen-bond donors (Lipinski definition) is 1. The van der Waals surface area contributed by atoms with Gasteiger partial charge in [0.05, 0.1) is 18.0 Å². The summed E-state index contributed by atoms with van der Waals surface area (Å²) in [7, 11) is -3.25. The quantitative estimate of drug-likeness (QED) is 0.798. The van der Waals surface area contributed by atoms with Gasteiger partial charge in [0.1, 0.15) is 11.9 Å². The van der Waals surface area contributed by atoms with E-state index in [9.17, 15) is 13.2 Å². The Labute approximate surface area is 98.2 Å². The maximum Gasteiger partial charge on any atom is 0.339 e. The summed E-state index contributed by atoms with van der Waals surface area (Å²) >= 11 is 0. The fourth-order valence-electron chi connectivity index (χ4n) is 1.70. The van der Waals surface area contributed by atoms with E-state index in [0.29, 0.717) is 13.0 Å². The van der Waals surface area contributed by atoms with E-state index in [-0.39, 0.29) is 23.6 Å². The van der Waals surface area contributed by atoms with Crippen LogP contribution < -0.4 is 0 Å². The fourth-order valence-corrected chi connectivity index (χ4v) is 3.17. The molecule has 1 saturated heterocycles. The predicted octanol–water partition coefficient (Wildman–Crippen LogP) is -0.290. The molecule has 1 aliphatic rings. The van der Waals surface area contributed by atoms with Crippen LogP contribution in [0, 0.1) is 0 Å². The standard InChI is InChI=1S/C9H11N3O4S/c13-9(14)7-4-10-6-11-8(7)5-12-2-1-3-17(12,15)16/h4,6H,1-3,5H2,(H,13,14). The molecule has 1 aromatic heterocycles. The first kappa shape index (κ1) is 11.9. The highest BCUT2D eigenvalue weighted by Gasteiger charge is 2.29. The van der Waals surface area contributed by atoms with Gasteiger partial charge in [-0.3, -0.25) is 0 Å². The molecule has 8 heteroatoms. The van der Waals surface area contributed by atoms with Gasteiger partial charge in [-0.1, -0.05) is 0 Å². The number of carboxylic acids is 1. The Bertz CT molecular complexity index is 543. The highest BCUT2D eigenvalue weighted by Crippen LogP contribution is 2.17. The van der Waals surface area contributed by atoms with Gasteiger partial charge in [-0.25, -0.2) is 23.2 Å². The summed E-state index contributed by atoms with van der Waals surface area (Å²) < 4.78 is 24.4. The molecular formula is C9H11N3O4S. The summed E-state index contributed by atoms with van der Waals surface area (Å²) in [5, 5.41) is 8.92. The Morgan fingerprint density at radius 1 is 1.53 bits per heavy atom. The molecule has 0 amide bonds. The summed E-state index contributed by atoms with van der Waals surface area (Å²) in [6.07, 6.45) is 2.95. The number of carboxylic acid groups (broad SMARTS) is 1. The molecule has 0 atom stereocenters. The molecular weight excluding hydrogens is 246 g/mol. The lowest BCUT2D eigenvalue weighted by Crippen LogP contribution is -2.26. The van der Waals surface area contributed by atoms with Crippen LogP contribution in [0.3, 0.4) is 0 Å². The largest absolute Gasteiger partial charge is 0.478 e. The van der Waals surface area contributed by atoms with Gasteiger partial charge in [0.15, 0.2) is 0 Å². The van der Waals surface area contributed by atoms with Crippen molar-refractivity contribution in [1.82, 2.24) is 14.3 Å². The molecule has 0 bridgehead atoms. The Balaban J connectivity index is 2.28. The van der Waals surface area contributed by atoms with E-state index in [1.807, 2.05) is 0 Å². The van der Waals surface area contributed by atoms with Gasteiger partial charge in [-0.2, -0.15) is 4.31 Å². The Morgan fingerprint density at radius 2 is 2.29 bits per heavy atom. The smallest absolute Gasteiger partial charge is 0.339 e. The van der Waals surface area contributed by atoms with Crippen molar-refractivity contribution in [3.8, 4) is 0 Å². The van der Waals surface area contributed by atoms with Crippen molar-refractivity contribution in [2.24, 2.45) is 0 Å². The number of sulfonamides is 1. The Hall–Kier alpha value is -1.54. The minimum Gasteiger partial charge on any atom is -0.478 e. The zero-order valence-electron chi connectivity index (χ0n) is 8.90. The third kappa shape index (κ3) is 2.42. The van der Waals surface area contributed by atoms with Crippen LogP contribution in [0.15, 0.2) is 12.5 Å². The van der Waals surface area contributed by atoms with Crippen LogP contribution in [-0.4, -0.2) is 46.1 Å². The first-order valence-electron chi connectivity index (χ1n) is 5.01. The molecule has 0 spiro atoms. The van der Waals surface area contributed by atoms with Crippen molar-refractivity contribution in [2.45, 2.75) is 13.0 Å². The molecule has 1 fully saturated rings. The summed E-state index contributed by atoms with van der Waals surface area (Å²) in [4.78, 5) is 18.4. The maximum absolute atomic E-state index is 11.6. The van der Waals surface area contributed by atoms with Crippen molar-refractivity contribution >= 4 is 16.0 Å². The highest BCUT2D eigenvalue weighted by molar-refractivity contribution is 7.89. The predicted molar refractivity (Wildman–Crippen MR) is 57.8 cm³/mol. The minimum absolute atomic E-state index is 0.00745. The second-order valence-corrected chi connectivity index (χ2v) is 5.78. The number of rotatable bonds is 3. The van der Waals surface area contributed by atoms with Gasteiger partial charge in [-0.15, -0.1) is 0 Å². The molecule has 0 unspecified atom stereocenters. The topological polar surface area (TPSA) is 100 Å². The van der Waals surface area contributed by atoms with Crippen LogP contribution in [-0.2, 0) is 16.6 Å². The lowest BCUT2D eigenvalue weighted by molar-refractivity contribution is 0.0694. The van der Waals surface area contributed by atoms with E-state index in [1.165, 1.54) is 16.8 Å². The SMILES string of the molecule is O=C(O)c1cncnc1CN1CCCS1(=O)=O. The van der Waals surface area contributed by atoms with Crippen LogP contribution in [0.2, 0.25) is 0 Å². The molecule has 2 heterocycles. The van der Waals surface area contributed by atoms with Crippen LogP contribution in [0.4, 0.5) is 0 Å². The molecule has 1 aromatic rings. The first-order chi connectivity index (χ1) is 8.00. The molecule has 0 radical (unpaired) electrons. The van der Waals surface area contributed by atoms with Crippen molar-refractivity contribution in [3.63, 3.8) is 0 Å². The van der Waals surface area contributed by atoms with Crippen molar-refractivity contribution in [1.29, 1.82) is 0 Å². The van der Waals surface area contributed by atoms with Crippen LogP contribution in [0.5, 0.6) is 0 Å². The number of aromatic nitrogens is 2. The number of aromatic carboxylic acids is 1. The van der Waals surface area contributed by atoms with E-state index in [4.69, 9.17) is 5.11 Å². The molecule has 0 saturated carbocycles. The van der Waals surface area contributed by atoms with Gasteiger partial charge < -0.3 is 5.11 Å². The number of nitrogens with zero attached hydrogens (tertiary/aromatic N) is 3. The summed E-state index contributed by atoms with van der Waals surface area (Å²) in [5.74, 6) is -1.04. The normalized spacial score (nSPS) is 19.3. The van der Waals surface area contributed by atoms with E-state index >= 15 is 0 Å². The fraction of sp³-hybridized carbons (Fsp3) is 0.444. The monoisotopic (exact) mass is 257 g/mol. The first-order valence-corrected chi connectivity index (χ1v) is 6.61. The van der Waals surface area contributed by atoms with Gasteiger partial charge in [0, 0.05) is 12.7 Å². The minimum atomic E-state index is -3.25. The van der Waals surface area contributed by atoms with Crippen molar-refractivity contribution in [3.05, 3.63) is 23.8 Å². The average molecular weight is 257 g/mol. The molecule has 92 valence electrons. The molecule has 2 rings (SSSR count). The third-order valence-electron chi connectivity index (χ3n) is 2.55. The van der Waals surface area contributed by atoms with Crippen LogP contribution >= 0.6 is 0 Å². The number of carbonyl (C=O) groups is 1. The van der Waals surface area contributed by atoms with Gasteiger partial charge in [0.2, 0.25) is 10.0 Å². The highest BCUT2D eigenvalue weighted by atomic mass is 32.2. The third-order valence-corrected chi connectivity index (χ3v) is 4.46. The average Bonchev–Trinajstić information content (AvgIpc) is 2.59. The molecule has 0 aromatic carbocycles. The van der Waals surface area contributed by atoms with Gasteiger partial charge in [-0.05, 0) is 6.42 Å². The molecule has 17 heavy (non-hydrogen) atoms. The summed E-state index contributed by atoms with van der Waals surface area (Å²) in [6.45, 7) is 0.401. The second kappa shape index (κ2) is 4.38. The van der Waals surface area contributed by atoms with E-state index in [0.717, 1.165) is 0 Å². The molecule has 1 aliphatic heterocycles. The zero-order valence-corrected chi connectivity index (χ0v) is 9.72. The van der Waals surface area contributed by atoms with Gasteiger partial charge in [0.25, 0.3) is 0 Å². The van der Waals surface area contributed by atoms with Crippen molar-refractivity contribution < 1.29 is 18.3 Å². The maximum atomic E-state index is 11.6. The van der Waals surface area contributed by atoms with Crippen molar-refractivity contribution in [2.75, 3.05) is 12.3 Å². The lowest BCUT2D eigenvalue weighted by Gasteiger charge is -2.14. The number of hydrogen-bond acceptors (Lipinski definition) is 5. The summed E-state index contributed by atoms with van der Waals surface area (Å²) in [6, 6.07) is 0. The van der Waals surface area contributed by atoms with Crippen LogP contribution in [0.1, 0.15) is 22.5 Å². The Morgan fingerprint density at radius 3 is 2.88 bits per heavy atom. The Kier molecular flexibility index (Phi) is 3.07. The zero-order chi connectivity index (χ0) is 12.5. The lowest BCUT2D eigenvalue weighted by atomic mass is 10.2. The van der Waals surface area contributed by atoms with E-state index < -0.39 is 16.0 Å². The molecule has 0 aliphatic carbocycles. The van der Waals surface area contributed by atoms with E-state index in [1.54, 1.807) is 0 Å². The van der Waals surface area contributed by atoms with Gasteiger partial charge >= 0.3 is 5.97 Å². The second-order valence-electron chi connectivity index (χ2n) is 3.69. The van der Waals surface area contributed by atoms with Crippen LogP contribution in [0.25, 0.3) is 0 Å². The molecule has 7 nitrogen and oxygen atoms in total.